The van der Waals surface area contributed by atoms with E-state index in [1.165, 1.54) is 20.3 Å². The number of methoxy groups -OCH3 is 2. The molecule has 1 fully saturated rings. The molecular formula is C14H12INO6S. The lowest BCUT2D eigenvalue weighted by atomic mass is 10.2. The molecule has 2 rings (SSSR count). The van der Waals surface area contributed by atoms with Gasteiger partial charge in [-0.15, -0.1) is 0 Å². The van der Waals surface area contributed by atoms with Crippen LogP contribution in [-0.4, -0.2) is 47.9 Å². The van der Waals surface area contributed by atoms with Crippen molar-refractivity contribution < 1.29 is 29.0 Å². The number of imide groups is 1. The van der Waals surface area contributed by atoms with Gasteiger partial charge in [-0.2, -0.15) is 0 Å². The Morgan fingerprint density at radius 3 is 2.70 bits per heavy atom. The van der Waals surface area contributed by atoms with Crippen molar-refractivity contribution in [1.82, 2.24) is 4.90 Å². The van der Waals surface area contributed by atoms with E-state index < -0.39 is 23.7 Å². The first-order chi connectivity index (χ1) is 10.9. The summed E-state index contributed by atoms with van der Waals surface area (Å²) >= 11 is 2.67. The summed E-state index contributed by atoms with van der Waals surface area (Å²) in [7, 11) is 2.60. The molecule has 0 aromatic heterocycles. The summed E-state index contributed by atoms with van der Waals surface area (Å²) in [5, 5.41) is 9.27. The summed E-state index contributed by atoms with van der Waals surface area (Å²) in [4.78, 5) is 36.3. The second-order valence-electron chi connectivity index (χ2n) is 4.40. The molecule has 0 aliphatic carbocycles. The number of phenolic OH excluding ortho intramolecular Hbond substituents is 1. The summed E-state index contributed by atoms with van der Waals surface area (Å²) in [6.07, 6.45) is 1.51. The van der Waals surface area contributed by atoms with Crippen LogP contribution in [0.3, 0.4) is 0 Å². The Morgan fingerprint density at radius 1 is 1.39 bits per heavy atom. The van der Waals surface area contributed by atoms with Crippen LogP contribution in [0.5, 0.6) is 11.5 Å². The lowest BCUT2D eigenvalue weighted by Gasteiger charge is -2.10. The number of esters is 1. The average Bonchev–Trinajstić information content (AvgIpc) is 2.78. The molecule has 1 aromatic carbocycles. The second kappa shape index (κ2) is 7.21. The second-order valence-corrected chi connectivity index (χ2v) is 6.55. The fraction of sp³-hybridized carbons (Fsp3) is 0.214. The van der Waals surface area contributed by atoms with Crippen LogP contribution < -0.4 is 4.74 Å². The Kier molecular flexibility index (Phi) is 5.52. The first-order valence-electron chi connectivity index (χ1n) is 6.26. The highest BCUT2D eigenvalue weighted by atomic mass is 127. The number of amides is 2. The number of benzene rings is 1. The number of nitrogens with zero attached hydrogens (tertiary/aromatic N) is 1. The van der Waals surface area contributed by atoms with Crippen molar-refractivity contribution in [3.8, 4) is 11.5 Å². The average molecular weight is 449 g/mol. The van der Waals surface area contributed by atoms with Crippen molar-refractivity contribution in [2.75, 3.05) is 20.8 Å². The number of hydrogen-bond donors (Lipinski definition) is 1. The lowest BCUT2D eigenvalue weighted by molar-refractivity contribution is -0.143. The van der Waals surface area contributed by atoms with Gasteiger partial charge in [0.15, 0.2) is 11.5 Å². The van der Waals surface area contributed by atoms with Crippen molar-refractivity contribution in [1.29, 1.82) is 0 Å². The fourth-order valence-corrected chi connectivity index (χ4v) is 3.28. The standard InChI is InChI=1S/C14H12INO6S/c1-21-9-4-7(3-8(15)12(9)18)5-10-13(19)16(14(20)23-10)6-11(17)22-2/h3-5,18H,6H2,1-2H3/b10-5-. The van der Waals surface area contributed by atoms with E-state index in [0.717, 1.165) is 16.7 Å². The molecule has 0 saturated carbocycles. The third kappa shape index (κ3) is 3.78. The van der Waals surface area contributed by atoms with Crippen LogP contribution in [-0.2, 0) is 14.3 Å². The SMILES string of the molecule is COC(=O)CN1C(=O)S/C(=C\c2cc(I)c(O)c(OC)c2)C1=O. The van der Waals surface area contributed by atoms with Crippen LogP contribution in [0.15, 0.2) is 17.0 Å². The van der Waals surface area contributed by atoms with Crippen LogP contribution in [0.1, 0.15) is 5.56 Å². The van der Waals surface area contributed by atoms with E-state index in [-0.39, 0.29) is 16.4 Å². The molecule has 1 N–H and O–H groups in total. The molecule has 1 aliphatic heterocycles. The van der Waals surface area contributed by atoms with Gasteiger partial charge in [0.2, 0.25) is 0 Å². The van der Waals surface area contributed by atoms with Crippen LogP contribution in [0.2, 0.25) is 0 Å². The Balaban J connectivity index is 2.31. The Labute approximate surface area is 149 Å². The van der Waals surface area contributed by atoms with Crippen molar-refractivity contribution >= 4 is 57.5 Å². The lowest BCUT2D eigenvalue weighted by Crippen LogP contribution is -2.34. The summed E-state index contributed by atoms with van der Waals surface area (Å²) < 4.78 is 10.1. The van der Waals surface area contributed by atoms with Crippen LogP contribution in [0.4, 0.5) is 4.79 Å². The van der Waals surface area contributed by atoms with Gasteiger partial charge in [-0.25, -0.2) is 0 Å². The largest absolute Gasteiger partial charge is 0.504 e. The van der Waals surface area contributed by atoms with Gasteiger partial charge in [0.1, 0.15) is 6.54 Å². The topological polar surface area (TPSA) is 93.1 Å². The predicted molar refractivity (Wildman–Crippen MR) is 92.1 cm³/mol. The highest BCUT2D eigenvalue weighted by Crippen LogP contribution is 2.36. The molecule has 7 nitrogen and oxygen atoms in total. The zero-order chi connectivity index (χ0) is 17.1. The maximum atomic E-state index is 12.2. The Hall–Kier alpha value is -1.75. The molecule has 2 amide bonds. The molecule has 1 aliphatic rings. The number of thioether (sulfide) groups is 1. The third-order valence-corrected chi connectivity index (χ3v) is 4.69. The van der Waals surface area contributed by atoms with E-state index in [9.17, 15) is 19.5 Å². The summed E-state index contributed by atoms with van der Waals surface area (Å²) in [5.41, 5.74) is 0.590. The number of rotatable bonds is 4. The van der Waals surface area contributed by atoms with Crippen LogP contribution in [0.25, 0.3) is 6.08 Å². The highest BCUT2D eigenvalue weighted by molar-refractivity contribution is 14.1. The van der Waals surface area contributed by atoms with Crippen LogP contribution >= 0.6 is 34.4 Å². The van der Waals surface area contributed by atoms with Gasteiger partial charge < -0.3 is 14.6 Å². The van der Waals surface area contributed by atoms with Crippen molar-refractivity contribution in [3.63, 3.8) is 0 Å². The van der Waals surface area contributed by atoms with Gasteiger partial charge >= 0.3 is 5.97 Å². The number of aromatic hydroxyl groups is 1. The maximum Gasteiger partial charge on any atom is 0.325 e. The fourth-order valence-electron chi connectivity index (χ4n) is 1.81. The van der Waals surface area contributed by atoms with Gasteiger partial charge in [0.25, 0.3) is 11.1 Å². The normalized spacial score (nSPS) is 16.1. The number of phenols is 1. The quantitative estimate of drug-likeness (QED) is 0.428. The highest BCUT2D eigenvalue weighted by Gasteiger charge is 2.36. The molecule has 1 saturated heterocycles. The van der Waals surface area contributed by atoms with E-state index >= 15 is 0 Å². The number of ether oxygens (including phenoxy) is 2. The van der Waals surface area contributed by atoms with Crippen molar-refractivity contribution in [2.45, 2.75) is 0 Å². The van der Waals surface area contributed by atoms with E-state index in [0.29, 0.717) is 9.13 Å². The predicted octanol–water partition coefficient (Wildman–Crippen LogP) is 2.21. The molecule has 0 atom stereocenters. The summed E-state index contributed by atoms with van der Waals surface area (Å²) in [6, 6.07) is 3.19. The third-order valence-electron chi connectivity index (χ3n) is 2.96. The molecule has 0 bridgehead atoms. The molecule has 122 valence electrons. The smallest absolute Gasteiger partial charge is 0.325 e. The molecule has 0 unspecified atom stereocenters. The van der Waals surface area contributed by atoms with Gasteiger partial charge in [-0.05, 0) is 58.1 Å². The summed E-state index contributed by atoms with van der Waals surface area (Å²) in [5.74, 6) is -0.970. The van der Waals surface area contributed by atoms with Crippen LogP contribution in [0, 0.1) is 3.57 Å². The van der Waals surface area contributed by atoms with Gasteiger partial charge in [-0.1, -0.05) is 0 Å². The minimum Gasteiger partial charge on any atom is -0.504 e. The summed E-state index contributed by atoms with van der Waals surface area (Å²) in [6.45, 7) is -0.422. The van der Waals surface area contributed by atoms with Gasteiger partial charge in [0.05, 0.1) is 22.7 Å². The van der Waals surface area contributed by atoms with E-state index in [1.54, 1.807) is 12.1 Å². The number of carbonyl (C=O) groups is 3. The Bertz CT molecular complexity index is 717. The van der Waals surface area contributed by atoms with Gasteiger partial charge in [0, 0.05) is 0 Å². The van der Waals surface area contributed by atoms with Gasteiger partial charge in [-0.3, -0.25) is 19.3 Å². The van der Waals surface area contributed by atoms with E-state index in [1.807, 2.05) is 22.6 Å². The Morgan fingerprint density at radius 2 is 2.09 bits per heavy atom. The molecule has 9 heteroatoms. The van der Waals surface area contributed by atoms with E-state index in [2.05, 4.69) is 4.74 Å². The monoisotopic (exact) mass is 449 g/mol. The molecule has 1 heterocycles. The maximum absolute atomic E-state index is 12.2. The van der Waals surface area contributed by atoms with Crippen molar-refractivity contribution in [2.24, 2.45) is 0 Å². The molecular weight excluding hydrogens is 437 g/mol. The minimum atomic E-state index is -0.672. The molecule has 23 heavy (non-hydrogen) atoms. The zero-order valence-electron chi connectivity index (χ0n) is 12.2. The number of carbonyl (C=O) groups excluding carboxylic acids is 3. The number of halogens is 1. The zero-order valence-corrected chi connectivity index (χ0v) is 15.1. The molecule has 0 spiro atoms. The first-order valence-corrected chi connectivity index (χ1v) is 8.15. The number of hydrogen-bond acceptors (Lipinski definition) is 7. The molecule has 0 radical (unpaired) electrons. The van der Waals surface area contributed by atoms with E-state index in [4.69, 9.17) is 4.74 Å². The molecule has 1 aromatic rings. The minimum absolute atomic E-state index is 0.00375. The first kappa shape index (κ1) is 17.6. The van der Waals surface area contributed by atoms with Crippen molar-refractivity contribution in [3.05, 3.63) is 26.2 Å².